The number of fused-ring (bicyclic) bond motifs is 1. The van der Waals surface area contributed by atoms with Crippen molar-refractivity contribution < 1.29 is 14.3 Å². The first-order valence-electron chi connectivity index (χ1n) is 10.0. The molecule has 4 atom stereocenters. The lowest BCUT2D eigenvalue weighted by Gasteiger charge is -2.37. The number of nitriles is 1. The van der Waals surface area contributed by atoms with E-state index in [1.54, 1.807) is 41.9 Å². The quantitative estimate of drug-likeness (QED) is 0.438. The molecule has 8 nitrogen and oxygen atoms in total. The highest BCUT2D eigenvalue weighted by Gasteiger charge is 2.67. The summed E-state index contributed by atoms with van der Waals surface area (Å²) in [7, 11) is 0. The number of carbonyl (C=O) groups excluding carboxylic acids is 1. The molecule has 2 aromatic heterocycles. The Balaban J connectivity index is 1.95. The van der Waals surface area contributed by atoms with E-state index in [4.69, 9.17) is 9.47 Å². The minimum Gasteiger partial charge on any atom is -0.421 e. The summed E-state index contributed by atoms with van der Waals surface area (Å²) in [5, 5.41) is 15.3. The molecule has 0 amide bonds. The van der Waals surface area contributed by atoms with Crippen LogP contribution in [0.2, 0.25) is 0 Å². The van der Waals surface area contributed by atoms with Crippen LogP contribution in [-0.2, 0) is 15.3 Å². The molecule has 31 heavy (non-hydrogen) atoms. The fourth-order valence-electron chi connectivity index (χ4n) is 4.16. The molecular formula is C22H23N5O3S. The number of rotatable bonds is 5. The molecule has 0 N–H and O–H groups in total. The predicted molar refractivity (Wildman–Crippen MR) is 114 cm³/mol. The van der Waals surface area contributed by atoms with Crippen molar-refractivity contribution in [2.24, 2.45) is 11.3 Å². The van der Waals surface area contributed by atoms with E-state index in [9.17, 15) is 10.1 Å². The molecule has 0 bridgehead atoms. The van der Waals surface area contributed by atoms with Crippen molar-refractivity contribution in [2.45, 2.75) is 44.1 Å². The van der Waals surface area contributed by atoms with Gasteiger partial charge in [0, 0.05) is 5.92 Å². The molecule has 3 heterocycles. The summed E-state index contributed by atoms with van der Waals surface area (Å²) in [6, 6.07) is 11.1. The van der Waals surface area contributed by atoms with E-state index in [2.05, 4.69) is 21.1 Å². The van der Waals surface area contributed by atoms with Crippen molar-refractivity contribution in [3.8, 4) is 6.07 Å². The monoisotopic (exact) mass is 437 g/mol. The Bertz CT molecular complexity index is 1160. The van der Waals surface area contributed by atoms with Crippen LogP contribution in [0, 0.1) is 22.7 Å². The Labute approximate surface area is 184 Å². The van der Waals surface area contributed by atoms with Gasteiger partial charge in [0.25, 0.3) is 5.79 Å². The van der Waals surface area contributed by atoms with Crippen molar-refractivity contribution in [3.05, 3.63) is 54.1 Å². The number of benzene rings is 1. The van der Waals surface area contributed by atoms with Crippen LogP contribution in [0.15, 0.2) is 47.9 Å². The van der Waals surface area contributed by atoms with E-state index in [0.29, 0.717) is 28.4 Å². The van der Waals surface area contributed by atoms with E-state index in [0.717, 1.165) is 0 Å². The number of hydrogen-bond acceptors (Lipinski definition) is 8. The average Bonchev–Trinajstić information content (AvgIpc) is 3.33. The maximum atomic E-state index is 13.2. The Kier molecular flexibility index (Phi) is 5.45. The molecular weight excluding hydrogens is 414 g/mol. The topological polar surface area (TPSA) is 102 Å². The molecule has 1 aromatic carbocycles. The first-order valence-corrected chi connectivity index (χ1v) is 11.2. The second-order valence-electron chi connectivity index (χ2n) is 7.69. The van der Waals surface area contributed by atoms with E-state index in [-0.39, 0.29) is 12.0 Å². The number of esters is 1. The van der Waals surface area contributed by atoms with Crippen LogP contribution in [0.5, 0.6) is 0 Å². The van der Waals surface area contributed by atoms with Gasteiger partial charge in [0.15, 0.2) is 5.65 Å². The van der Waals surface area contributed by atoms with Crippen molar-refractivity contribution in [1.29, 1.82) is 5.26 Å². The molecule has 1 unspecified atom stereocenters. The summed E-state index contributed by atoms with van der Waals surface area (Å²) in [6.45, 7) is 5.69. The maximum Gasteiger partial charge on any atom is 0.341 e. The lowest BCUT2D eigenvalue weighted by molar-refractivity contribution is -0.237. The highest BCUT2D eigenvalue weighted by molar-refractivity contribution is 7.98. The molecule has 4 rings (SSSR count). The van der Waals surface area contributed by atoms with E-state index in [1.807, 2.05) is 26.2 Å². The Hall–Kier alpha value is -2.96. The normalized spacial score (nSPS) is 27.8. The van der Waals surface area contributed by atoms with Crippen LogP contribution in [0.3, 0.4) is 0 Å². The number of nitrogens with zero attached hydrogens (tertiary/aromatic N) is 5. The van der Waals surface area contributed by atoms with Crippen LogP contribution in [0.25, 0.3) is 5.65 Å². The largest absolute Gasteiger partial charge is 0.421 e. The molecule has 0 saturated carbocycles. The average molecular weight is 438 g/mol. The number of ether oxygens (including phenoxy) is 2. The molecule has 1 aliphatic heterocycles. The second-order valence-corrected chi connectivity index (χ2v) is 8.48. The van der Waals surface area contributed by atoms with Gasteiger partial charge in [-0.05, 0) is 31.7 Å². The maximum absolute atomic E-state index is 13.2. The zero-order valence-electron chi connectivity index (χ0n) is 17.8. The van der Waals surface area contributed by atoms with Crippen molar-refractivity contribution in [1.82, 2.24) is 19.6 Å². The van der Waals surface area contributed by atoms with Crippen LogP contribution in [0.1, 0.15) is 43.2 Å². The van der Waals surface area contributed by atoms with E-state index >= 15 is 0 Å². The lowest BCUT2D eigenvalue weighted by atomic mass is 9.71. The summed E-state index contributed by atoms with van der Waals surface area (Å²) in [4.78, 5) is 21.9. The van der Waals surface area contributed by atoms with E-state index < -0.39 is 17.2 Å². The van der Waals surface area contributed by atoms with Crippen molar-refractivity contribution >= 4 is 23.4 Å². The Morgan fingerprint density at radius 2 is 2.10 bits per heavy atom. The van der Waals surface area contributed by atoms with Gasteiger partial charge < -0.3 is 9.47 Å². The molecule has 1 fully saturated rings. The summed E-state index contributed by atoms with van der Waals surface area (Å²) in [6.07, 6.45) is 5.23. The van der Waals surface area contributed by atoms with Gasteiger partial charge >= 0.3 is 5.97 Å². The van der Waals surface area contributed by atoms with Gasteiger partial charge in [-0.3, -0.25) is 0 Å². The molecule has 3 aromatic rings. The van der Waals surface area contributed by atoms with Gasteiger partial charge in [0.1, 0.15) is 22.5 Å². The van der Waals surface area contributed by atoms with Crippen molar-refractivity contribution in [2.75, 3.05) is 6.26 Å². The standard InChI is InChI=1S/C22H23N5O3S/c1-5-16-14(2)21(3,12-23)22(29-16,30-20(28)15-9-7-6-8-10-15)17-11-24-18-19(31-4)25-13-26-27(17)18/h6-11,13-14,16H,5H2,1-4H3/t14-,16-,21-,22?/m1/s1. The lowest BCUT2D eigenvalue weighted by Crippen LogP contribution is -2.47. The Morgan fingerprint density at radius 1 is 1.35 bits per heavy atom. The van der Waals surface area contributed by atoms with E-state index in [1.165, 1.54) is 18.1 Å². The smallest absolute Gasteiger partial charge is 0.341 e. The third-order valence-electron chi connectivity index (χ3n) is 6.15. The molecule has 0 spiro atoms. The fourth-order valence-corrected chi connectivity index (χ4v) is 4.63. The SMILES string of the molecule is CC[C@H]1OC(OC(=O)c2ccccc2)(c2cnc3c(SC)ncnn23)[C@](C)(C#N)[C@@H]1C. The molecule has 160 valence electrons. The summed E-state index contributed by atoms with van der Waals surface area (Å²) in [5.41, 5.74) is 0.0815. The van der Waals surface area contributed by atoms with Gasteiger partial charge in [-0.25, -0.2) is 19.3 Å². The number of imidazole rings is 1. The van der Waals surface area contributed by atoms with Crippen LogP contribution in [0.4, 0.5) is 0 Å². The predicted octanol–water partition coefficient (Wildman–Crippen LogP) is 3.83. The van der Waals surface area contributed by atoms with Crippen LogP contribution >= 0.6 is 11.8 Å². The second kappa shape index (κ2) is 7.94. The number of carbonyl (C=O) groups is 1. The third-order valence-corrected chi connectivity index (χ3v) is 6.83. The van der Waals surface area contributed by atoms with Gasteiger partial charge in [-0.2, -0.15) is 10.4 Å². The molecule has 1 aliphatic rings. The minimum atomic E-state index is -1.70. The zero-order valence-corrected chi connectivity index (χ0v) is 18.6. The van der Waals surface area contributed by atoms with Gasteiger partial charge in [0.05, 0.1) is 23.9 Å². The Morgan fingerprint density at radius 3 is 2.74 bits per heavy atom. The number of aromatic nitrogens is 4. The first kappa shape index (κ1) is 21.3. The molecule has 0 aliphatic carbocycles. The fraction of sp³-hybridized carbons (Fsp3) is 0.409. The summed E-state index contributed by atoms with van der Waals surface area (Å²) in [5.74, 6) is -2.49. The number of hydrogen-bond donors (Lipinski definition) is 0. The van der Waals surface area contributed by atoms with Crippen molar-refractivity contribution in [3.63, 3.8) is 0 Å². The molecule has 1 saturated heterocycles. The van der Waals surface area contributed by atoms with Gasteiger partial charge in [-0.15, -0.1) is 11.8 Å². The highest BCUT2D eigenvalue weighted by Crippen LogP contribution is 2.57. The number of thioether (sulfide) groups is 1. The van der Waals surface area contributed by atoms with Gasteiger partial charge in [0.2, 0.25) is 0 Å². The highest BCUT2D eigenvalue weighted by atomic mass is 32.2. The molecule has 9 heteroatoms. The first-order chi connectivity index (χ1) is 14.9. The van der Waals surface area contributed by atoms with Crippen LogP contribution in [-0.4, -0.2) is 37.9 Å². The summed E-state index contributed by atoms with van der Waals surface area (Å²) >= 11 is 1.43. The van der Waals surface area contributed by atoms with Crippen LogP contribution < -0.4 is 0 Å². The third kappa shape index (κ3) is 3.09. The minimum absolute atomic E-state index is 0.210. The summed E-state index contributed by atoms with van der Waals surface area (Å²) < 4.78 is 14.1. The van der Waals surface area contributed by atoms with Gasteiger partial charge in [-0.1, -0.05) is 32.0 Å². The zero-order chi connectivity index (χ0) is 22.2. The molecule has 0 radical (unpaired) electrons.